The van der Waals surface area contributed by atoms with Crippen molar-refractivity contribution in [2.45, 2.75) is 19.2 Å². The van der Waals surface area contributed by atoms with Gasteiger partial charge in [-0.2, -0.15) is 0 Å². The van der Waals surface area contributed by atoms with E-state index in [2.05, 4.69) is 53.4 Å². The van der Waals surface area contributed by atoms with Gasteiger partial charge in [0.1, 0.15) is 0 Å². The van der Waals surface area contributed by atoms with Crippen LogP contribution in [0, 0.1) is 0 Å². The summed E-state index contributed by atoms with van der Waals surface area (Å²) in [6.07, 6.45) is 3.34. The van der Waals surface area contributed by atoms with E-state index in [1.807, 2.05) is 54.6 Å². The summed E-state index contributed by atoms with van der Waals surface area (Å²) in [6.45, 7) is 2.21. The Labute approximate surface area is 156 Å². The van der Waals surface area contributed by atoms with E-state index in [1.165, 1.54) is 11.1 Å². The van der Waals surface area contributed by atoms with Gasteiger partial charge in [-0.1, -0.05) is 103 Å². The van der Waals surface area contributed by atoms with Crippen molar-refractivity contribution >= 4 is 6.08 Å². The lowest BCUT2D eigenvalue weighted by Crippen LogP contribution is -2.30. The van der Waals surface area contributed by atoms with Crippen LogP contribution in [0.1, 0.15) is 16.7 Å². The first kappa shape index (κ1) is 18.1. The van der Waals surface area contributed by atoms with Crippen molar-refractivity contribution in [2.24, 2.45) is 0 Å². The second-order valence-corrected chi connectivity index (χ2v) is 6.48. The summed E-state index contributed by atoms with van der Waals surface area (Å²) >= 11 is 0. The molecule has 0 saturated heterocycles. The summed E-state index contributed by atoms with van der Waals surface area (Å²) in [6, 6.07) is 30.9. The van der Waals surface area contributed by atoms with Crippen LogP contribution < -0.4 is 0 Å². The van der Waals surface area contributed by atoms with Crippen molar-refractivity contribution in [3.05, 3.63) is 114 Å². The largest absolute Gasteiger partial charge is 0.388 e. The van der Waals surface area contributed by atoms with Gasteiger partial charge in [0.15, 0.2) is 0 Å². The highest BCUT2D eigenvalue weighted by Gasteiger charge is 2.11. The molecule has 26 heavy (non-hydrogen) atoms. The Balaban J connectivity index is 1.67. The minimum atomic E-state index is -0.511. The van der Waals surface area contributed by atoms with Gasteiger partial charge in [-0.05, 0) is 16.7 Å². The molecule has 1 unspecified atom stereocenters. The normalized spacial score (nSPS) is 12.5. The Morgan fingerprint density at radius 2 is 1.15 bits per heavy atom. The van der Waals surface area contributed by atoms with Gasteiger partial charge in [-0.3, -0.25) is 4.90 Å². The lowest BCUT2D eigenvalue weighted by molar-refractivity contribution is 0.137. The second kappa shape index (κ2) is 9.71. The van der Waals surface area contributed by atoms with Crippen molar-refractivity contribution in [3.8, 4) is 0 Å². The molecule has 1 N–H and O–H groups in total. The predicted octanol–water partition coefficient (Wildman–Crippen LogP) is 4.76. The smallest absolute Gasteiger partial charge is 0.0851 e. The van der Waals surface area contributed by atoms with Gasteiger partial charge in [-0.15, -0.1) is 0 Å². The lowest BCUT2D eigenvalue weighted by Gasteiger charge is -2.24. The summed E-state index contributed by atoms with van der Waals surface area (Å²) in [5, 5.41) is 10.5. The molecule has 0 aliphatic rings. The monoisotopic (exact) mass is 343 g/mol. The zero-order valence-electron chi connectivity index (χ0n) is 14.9. The average molecular weight is 343 g/mol. The molecule has 0 radical (unpaired) electrons. The SMILES string of the molecule is OC(/C=C/c1ccccc1)CN(Cc1ccccc1)Cc1ccccc1. The number of nitrogens with zero attached hydrogens (tertiary/aromatic N) is 1. The highest BCUT2D eigenvalue weighted by atomic mass is 16.3. The van der Waals surface area contributed by atoms with Crippen molar-refractivity contribution in [2.75, 3.05) is 6.54 Å². The molecule has 2 heteroatoms. The third-order valence-corrected chi connectivity index (χ3v) is 4.25. The summed E-state index contributed by atoms with van der Waals surface area (Å²) in [5.74, 6) is 0. The third kappa shape index (κ3) is 5.99. The van der Waals surface area contributed by atoms with Crippen molar-refractivity contribution in [1.82, 2.24) is 4.90 Å². The Morgan fingerprint density at radius 3 is 1.65 bits per heavy atom. The standard InChI is InChI=1S/C24H25NO/c26-24(17-16-21-10-4-1-5-11-21)20-25(18-22-12-6-2-7-13-22)19-23-14-8-3-9-15-23/h1-17,24,26H,18-20H2/b17-16+. The molecule has 0 amide bonds. The predicted molar refractivity (Wildman–Crippen MR) is 108 cm³/mol. The van der Waals surface area contributed by atoms with Gasteiger partial charge in [0.2, 0.25) is 0 Å². The molecular weight excluding hydrogens is 318 g/mol. The number of rotatable bonds is 8. The third-order valence-electron chi connectivity index (χ3n) is 4.25. The van der Waals surface area contributed by atoms with E-state index >= 15 is 0 Å². The van der Waals surface area contributed by atoms with Crippen LogP contribution >= 0.6 is 0 Å². The Hall–Kier alpha value is -2.68. The number of benzene rings is 3. The summed E-state index contributed by atoms with van der Waals surface area (Å²) in [7, 11) is 0. The molecule has 3 aromatic carbocycles. The van der Waals surface area contributed by atoms with Gasteiger partial charge < -0.3 is 5.11 Å². The highest BCUT2D eigenvalue weighted by Crippen LogP contribution is 2.12. The molecular formula is C24H25NO. The van der Waals surface area contributed by atoms with E-state index in [9.17, 15) is 5.11 Å². The number of aliphatic hydroxyl groups excluding tert-OH is 1. The Kier molecular flexibility index (Phi) is 6.77. The summed E-state index contributed by atoms with van der Waals surface area (Å²) in [5.41, 5.74) is 3.61. The first-order chi connectivity index (χ1) is 12.8. The molecule has 2 nitrogen and oxygen atoms in total. The maximum absolute atomic E-state index is 10.5. The molecule has 0 aliphatic carbocycles. The van der Waals surface area contributed by atoms with E-state index in [4.69, 9.17) is 0 Å². The molecule has 0 saturated carbocycles. The van der Waals surface area contributed by atoms with Crippen LogP contribution in [0.2, 0.25) is 0 Å². The van der Waals surface area contributed by atoms with Crippen LogP contribution in [-0.2, 0) is 13.1 Å². The van der Waals surface area contributed by atoms with E-state index in [0.717, 1.165) is 18.7 Å². The van der Waals surface area contributed by atoms with Crippen LogP contribution in [0.4, 0.5) is 0 Å². The maximum Gasteiger partial charge on any atom is 0.0851 e. The zero-order valence-corrected chi connectivity index (χ0v) is 14.9. The number of hydrogen-bond donors (Lipinski definition) is 1. The highest BCUT2D eigenvalue weighted by molar-refractivity contribution is 5.49. The van der Waals surface area contributed by atoms with Gasteiger partial charge in [0, 0.05) is 19.6 Å². The lowest BCUT2D eigenvalue weighted by atomic mass is 10.1. The number of hydrogen-bond acceptors (Lipinski definition) is 2. The molecule has 0 spiro atoms. The minimum Gasteiger partial charge on any atom is -0.388 e. The van der Waals surface area contributed by atoms with E-state index in [-0.39, 0.29) is 0 Å². The fourth-order valence-corrected chi connectivity index (χ4v) is 2.98. The molecule has 3 rings (SSSR count). The molecule has 0 aromatic heterocycles. The number of aliphatic hydroxyl groups is 1. The van der Waals surface area contributed by atoms with Gasteiger partial charge in [0.05, 0.1) is 6.10 Å². The molecule has 0 bridgehead atoms. The van der Waals surface area contributed by atoms with Crippen LogP contribution in [0.5, 0.6) is 0 Å². The quantitative estimate of drug-likeness (QED) is 0.637. The fourth-order valence-electron chi connectivity index (χ4n) is 2.98. The van der Waals surface area contributed by atoms with Crippen molar-refractivity contribution in [1.29, 1.82) is 0 Å². The second-order valence-electron chi connectivity index (χ2n) is 6.48. The zero-order chi connectivity index (χ0) is 18.0. The summed E-state index contributed by atoms with van der Waals surface area (Å²) < 4.78 is 0. The fraction of sp³-hybridized carbons (Fsp3) is 0.167. The van der Waals surface area contributed by atoms with Crippen LogP contribution in [0.25, 0.3) is 6.08 Å². The van der Waals surface area contributed by atoms with Crippen molar-refractivity contribution < 1.29 is 5.11 Å². The van der Waals surface area contributed by atoms with E-state index < -0.39 is 6.10 Å². The van der Waals surface area contributed by atoms with Crippen LogP contribution in [0.15, 0.2) is 97.1 Å². The molecule has 1 atom stereocenters. The maximum atomic E-state index is 10.5. The molecule has 0 heterocycles. The van der Waals surface area contributed by atoms with Crippen LogP contribution in [0.3, 0.4) is 0 Å². The minimum absolute atomic E-state index is 0.511. The van der Waals surface area contributed by atoms with Crippen LogP contribution in [-0.4, -0.2) is 22.7 Å². The first-order valence-corrected chi connectivity index (χ1v) is 9.01. The topological polar surface area (TPSA) is 23.5 Å². The van der Waals surface area contributed by atoms with E-state index in [1.54, 1.807) is 0 Å². The van der Waals surface area contributed by atoms with E-state index in [0.29, 0.717) is 6.54 Å². The van der Waals surface area contributed by atoms with Gasteiger partial charge in [-0.25, -0.2) is 0 Å². The van der Waals surface area contributed by atoms with Gasteiger partial charge >= 0.3 is 0 Å². The average Bonchev–Trinajstić information content (AvgIpc) is 2.69. The Bertz CT molecular complexity index is 743. The molecule has 132 valence electrons. The molecule has 0 fully saturated rings. The van der Waals surface area contributed by atoms with Crippen molar-refractivity contribution in [3.63, 3.8) is 0 Å². The summed E-state index contributed by atoms with van der Waals surface area (Å²) in [4.78, 5) is 2.28. The Morgan fingerprint density at radius 1 is 0.692 bits per heavy atom. The van der Waals surface area contributed by atoms with Gasteiger partial charge in [0.25, 0.3) is 0 Å². The first-order valence-electron chi connectivity index (χ1n) is 9.01. The molecule has 0 aliphatic heterocycles. The molecule has 3 aromatic rings.